The minimum atomic E-state index is 1.14. The fourth-order valence-electron chi connectivity index (χ4n) is 1.10. The van der Waals surface area contributed by atoms with Gasteiger partial charge in [0.15, 0.2) is 0 Å². The molecule has 0 aromatic rings. The quantitative estimate of drug-likeness (QED) is 0.560. The molecular weight excluding hydrogens is 156 g/mol. The van der Waals surface area contributed by atoms with Crippen LogP contribution >= 0.6 is 0 Å². The summed E-state index contributed by atoms with van der Waals surface area (Å²) < 4.78 is 0. The zero-order chi connectivity index (χ0) is 10.3. The van der Waals surface area contributed by atoms with Crippen molar-refractivity contribution in [1.29, 1.82) is 0 Å². The Bertz CT molecular complexity index is 272. The fraction of sp³-hybridized carbons (Fsp3) is 0.231. The third-order valence-corrected chi connectivity index (χ3v) is 1.94. The summed E-state index contributed by atoms with van der Waals surface area (Å²) in [4.78, 5) is 0. The van der Waals surface area contributed by atoms with Crippen molar-refractivity contribution in [3.05, 3.63) is 60.3 Å². The molecule has 0 spiro atoms. The molecule has 0 saturated heterocycles. The summed E-state index contributed by atoms with van der Waals surface area (Å²) in [5.41, 5.74) is 3.52. The highest BCUT2D eigenvalue weighted by Crippen LogP contribution is 2.13. The Morgan fingerprint density at radius 2 is 1.62 bits per heavy atom. The van der Waals surface area contributed by atoms with Gasteiger partial charge in [-0.05, 0) is 37.5 Å². The van der Waals surface area contributed by atoms with E-state index in [4.69, 9.17) is 0 Å². The van der Waals surface area contributed by atoms with Gasteiger partial charge in [0.1, 0.15) is 0 Å². The topological polar surface area (TPSA) is 0 Å². The van der Waals surface area contributed by atoms with Gasteiger partial charge in [-0.1, -0.05) is 43.5 Å². The van der Waals surface area contributed by atoms with Crippen LogP contribution in [0.5, 0.6) is 0 Å². The second-order valence-corrected chi connectivity index (χ2v) is 2.77. The smallest absolute Gasteiger partial charge is 0.0276 e. The first kappa shape index (κ1) is 11.7. The minimum Gasteiger partial charge on any atom is -0.0985 e. The molecule has 0 radical (unpaired) electrons. The maximum Gasteiger partial charge on any atom is -0.0276 e. The van der Waals surface area contributed by atoms with Gasteiger partial charge in [0.2, 0.25) is 0 Å². The Kier molecular flexibility index (Phi) is 5.62. The van der Waals surface area contributed by atoms with Gasteiger partial charge in [-0.2, -0.15) is 0 Å². The van der Waals surface area contributed by atoms with E-state index in [0.717, 1.165) is 5.57 Å². The van der Waals surface area contributed by atoms with E-state index in [-0.39, 0.29) is 0 Å². The number of hydrogen-bond donors (Lipinski definition) is 0. The van der Waals surface area contributed by atoms with Gasteiger partial charge in [0.05, 0.1) is 0 Å². The van der Waals surface area contributed by atoms with E-state index in [9.17, 15) is 0 Å². The average molecular weight is 174 g/mol. The van der Waals surface area contributed by atoms with Crippen molar-refractivity contribution < 1.29 is 0 Å². The largest absolute Gasteiger partial charge is 0.0985 e. The number of hydrogen-bond acceptors (Lipinski definition) is 0. The molecule has 0 fully saturated rings. The lowest BCUT2D eigenvalue weighted by atomic mass is 10.0. The molecule has 13 heavy (non-hydrogen) atoms. The van der Waals surface area contributed by atoms with Crippen LogP contribution in [0.4, 0.5) is 0 Å². The Morgan fingerprint density at radius 1 is 1.00 bits per heavy atom. The zero-order valence-corrected chi connectivity index (χ0v) is 8.80. The van der Waals surface area contributed by atoms with Crippen molar-refractivity contribution in [3.8, 4) is 0 Å². The summed E-state index contributed by atoms with van der Waals surface area (Å²) in [7, 11) is 0. The van der Waals surface area contributed by atoms with E-state index in [1.807, 2.05) is 32.1 Å². The van der Waals surface area contributed by atoms with Crippen LogP contribution in [-0.4, -0.2) is 0 Å². The fourth-order valence-corrected chi connectivity index (χ4v) is 1.10. The Hall–Kier alpha value is -1.30. The van der Waals surface area contributed by atoms with E-state index in [0.29, 0.717) is 0 Å². The predicted octanol–water partition coefficient (Wildman–Crippen LogP) is 4.20. The highest BCUT2D eigenvalue weighted by molar-refractivity contribution is 5.43. The molecule has 0 aromatic carbocycles. The van der Waals surface area contributed by atoms with Crippen LogP contribution in [-0.2, 0) is 0 Å². The molecule has 0 N–H and O–H groups in total. The van der Waals surface area contributed by atoms with Crippen LogP contribution < -0.4 is 0 Å². The van der Waals surface area contributed by atoms with E-state index >= 15 is 0 Å². The molecule has 0 aliphatic rings. The summed E-state index contributed by atoms with van der Waals surface area (Å²) in [5, 5.41) is 0. The second kappa shape index (κ2) is 6.24. The molecule has 0 saturated carbocycles. The number of rotatable bonds is 4. The SMILES string of the molecule is C=CC(=C\C)/C=C(C)/C(C=C)=C/C. The molecule has 0 rings (SSSR count). The van der Waals surface area contributed by atoms with Crippen molar-refractivity contribution in [1.82, 2.24) is 0 Å². The molecule has 0 heterocycles. The molecule has 0 unspecified atom stereocenters. The van der Waals surface area contributed by atoms with Gasteiger partial charge >= 0.3 is 0 Å². The lowest BCUT2D eigenvalue weighted by molar-refractivity contribution is 1.39. The van der Waals surface area contributed by atoms with Gasteiger partial charge in [-0.25, -0.2) is 0 Å². The molecule has 0 amide bonds. The molecular formula is C13H18. The van der Waals surface area contributed by atoms with E-state index in [1.54, 1.807) is 0 Å². The maximum atomic E-state index is 3.76. The van der Waals surface area contributed by atoms with Crippen LogP contribution in [0.25, 0.3) is 0 Å². The second-order valence-electron chi connectivity index (χ2n) is 2.77. The van der Waals surface area contributed by atoms with Crippen molar-refractivity contribution in [2.75, 3.05) is 0 Å². The first-order valence-electron chi connectivity index (χ1n) is 4.45. The van der Waals surface area contributed by atoms with Crippen molar-refractivity contribution in [2.45, 2.75) is 20.8 Å². The molecule has 0 heteroatoms. The summed E-state index contributed by atoms with van der Waals surface area (Å²) in [6.07, 6.45) is 9.90. The normalized spacial score (nSPS) is 14.2. The average Bonchev–Trinajstić information content (AvgIpc) is 2.16. The van der Waals surface area contributed by atoms with Crippen LogP contribution in [0.1, 0.15) is 20.8 Å². The standard InChI is InChI=1S/C13H18/c1-6-12(7-2)10-11(5)13(8-3)9-4/h6-10H,1,3H2,2,4-5H3/b11-10+,12-7+,13-9+. The monoisotopic (exact) mass is 174 g/mol. The third-order valence-electron chi connectivity index (χ3n) is 1.94. The molecule has 0 aliphatic heterocycles. The predicted molar refractivity (Wildman–Crippen MR) is 61.7 cm³/mol. The number of allylic oxidation sites excluding steroid dienone is 8. The first-order valence-corrected chi connectivity index (χ1v) is 4.45. The van der Waals surface area contributed by atoms with Gasteiger partial charge in [0.25, 0.3) is 0 Å². The highest BCUT2D eigenvalue weighted by atomic mass is 14.0. The van der Waals surface area contributed by atoms with Gasteiger partial charge in [0, 0.05) is 0 Å². The highest BCUT2D eigenvalue weighted by Gasteiger charge is 1.93. The minimum absolute atomic E-state index is 1.14. The van der Waals surface area contributed by atoms with E-state index in [2.05, 4.69) is 32.2 Å². The Balaban J connectivity index is 4.85. The van der Waals surface area contributed by atoms with Crippen LogP contribution in [0.2, 0.25) is 0 Å². The molecule has 0 bridgehead atoms. The van der Waals surface area contributed by atoms with Gasteiger partial charge < -0.3 is 0 Å². The molecule has 70 valence electrons. The van der Waals surface area contributed by atoms with Crippen molar-refractivity contribution in [3.63, 3.8) is 0 Å². The maximum absolute atomic E-state index is 3.76. The van der Waals surface area contributed by atoms with Crippen molar-refractivity contribution in [2.24, 2.45) is 0 Å². The van der Waals surface area contributed by atoms with Crippen LogP contribution in [0.3, 0.4) is 0 Å². The van der Waals surface area contributed by atoms with Gasteiger partial charge in [-0.3, -0.25) is 0 Å². The molecule has 0 atom stereocenters. The summed E-state index contributed by atoms with van der Waals surface area (Å²) in [5.74, 6) is 0. The summed E-state index contributed by atoms with van der Waals surface area (Å²) in [6.45, 7) is 13.6. The Labute approximate surface area is 81.7 Å². The summed E-state index contributed by atoms with van der Waals surface area (Å²) in [6, 6.07) is 0. The molecule has 0 aromatic heterocycles. The summed E-state index contributed by atoms with van der Waals surface area (Å²) >= 11 is 0. The zero-order valence-electron chi connectivity index (χ0n) is 8.80. The van der Waals surface area contributed by atoms with Crippen LogP contribution in [0, 0.1) is 0 Å². The molecule has 0 nitrogen and oxygen atoms in total. The lowest BCUT2D eigenvalue weighted by Crippen LogP contribution is -1.81. The molecule has 0 aliphatic carbocycles. The van der Waals surface area contributed by atoms with Crippen LogP contribution in [0.15, 0.2) is 60.3 Å². The third kappa shape index (κ3) is 3.75. The Morgan fingerprint density at radius 3 is 1.92 bits per heavy atom. The lowest BCUT2D eigenvalue weighted by Gasteiger charge is -2.01. The van der Waals surface area contributed by atoms with Crippen molar-refractivity contribution >= 4 is 0 Å². The van der Waals surface area contributed by atoms with E-state index in [1.165, 1.54) is 11.1 Å². The first-order chi connectivity index (χ1) is 6.19. The van der Waals surface area contributed by atoms with Gasteiger partial charge in [-0.15, -0.1) is 0 Å². The van der Waals surface area contributed by atoms with E-state index < -0.39 is 0 Å².